The fourth-order valence-corrected chi connectivity index (χ4v) is 2.80. The summed E-state index contributed by atoms with van der Waals surface area (Å²) in [6.45, 7) is 4.34. The summed E-state index contributed by atoms with van der Waals surface area (Å²) in [7, 11) is 0. The number of amides is 2. The van der Waals surface area contributed by atoms with Gasteiger partial charge in [0.05, 0.1) is 17.2 Å². The average molecular weight is 255 g/mol. The van der Waals surface area contributed by atoms with Gasteiger partial charge in [0, 0.05) is 0 Å². The van der Waals surface area contributed by atoms with Crippen molar-refractivity contribution in [3.05, 3.63) is 47.5 Å². The second-order valence-electron chi connectivity index (χ2n) is 5.98. The molecule has 1 heterocycles. The molecule has 0 bridgehead atoms. The van der Waals surface area contributed by atoms with Crippen LogP contribution in [0.4, 0.5) is 0 Å². The molecule has 19 heavy (non-hydrogen) atoms. The molecule has 0 spiro atoms. The second kappa shape index (κ2) is 4.05. The van der Waals surface area contributed by atoms with E-state index in [0.29, 0.717) is 11.1 Å². The molecular formula is C16H17NO2. The number of allylic oxidation sites excluding steroid dienone is 1. The normalized spacial score (nSPS) is 24.7. The zero-order valence-electron chi connectivity index (χ0n) is 11.2. The van der Waals surface area contributed by atoms with E-state index in [1.165, 1.54) is 4.90 Å². The molecule has 0 saturated heterocycles. The van der Waals surface area contributed by atoms with Gasteiger partial charge in [-0.05, 0) is 30.4 Å². The highest BCUT2D eigenvalue weighted by atomic mass is 16.2. The van der Waals surface area contributed by atoms with Gasteiger partial charge in [0.2, 0.25) is 0 Å². The topological polar surface area (TPSA) is 37.4 Å². The highest BCUT2D eigenvalue weighted by molar-refractivity contribution is 6.21. The molecule has 3 heteroatoms. The van der Waals surface area contributed by atoms with Gasteiger partial charge in [-0.2, -0.15) is 0 Å². The molecule has 0 fully saturated rings. The molecule has 1 aliphatic carbocycles. The quantitative estimate of drug-likeness (QED) is 0.571. The van der Waals surface area contributed by atoms with Crippen molar-refractivity contribution in [2.24, 2.45) is 5.41 Å². The minimum atomic E-state index is -0.157. The van der Waals surface area contributed by atoms with E-state index in [2.05, 4.69) is 19.9 Å². The van der Waals surface area contributed by atoms with Gasteiger partial charge in [-0.1, -0.05) is 38.1 Å². The molecule has 1 aromatic rings. The maximum absolute atomic E-state index is 12.3. The summed E-state index contributed by atoms with van der Waals surface area (Å²) in [6, 6.07) is 6.96. The summed E-state index contributed by atoms with van der Waals surface area (Å²) < 4.78 is 0. The predicted octanol–water partition coefficient (Wildman–Crippen LogP) is 3.03. The minimum Gasteiger partial charge on any atom is -0.269 e. The molecule has 3 nitrogen and oxygen atoms in total. The largest absolute Gasteiger partial charge is 0.269 e. The van der Waals surface area contributed by atoms with Gasteiger partial charge in [-0.15, -0.1) is 0 Å². The van der Waals surface area contributed by atoms with Crippen molar-refractivity contribution in [1.82, 2.24) is 4.90 Å². The summed E-state index contributed by atoms with van der Waals surface area (Å²) in [6.07, 6.45) is 5.95. The van der Waals surface area contributed by atoms with Crippen molar-refractivity contribution in [3.8, 4) is 0 Å². The van der Waals surface area contributed by atoms with Gasteiger partial charge in [0.15, 0.2) is 0 Å². The van der Waals surface area contributed by atoms with Crippen molar-refractivity contribution in [1.29, 1.82) is 0 Å². The minimum absolute atomic E-state index is 0.0968. The molecule has 0 aromatic heterocycles. The van der Waals surface area contributed by atoms with Crippen LogP contribution in [0.2, 0.25) is 0 Å². The number of carbonyl (C=O) groups is 2. The first kappa shape index (κ1) is 12.2. The lowest BCUT2D eigenvalue weighted by Crippen LogP contribution is -2.40. The number of hydrogen-bond donors (Lipinski definition) is 0. The first-order chi connectivity index (χ1) is 8.99. The van der Waals surface area contributed by atoms with Crippen LogP contribution in [-0.2, 0) is 0 Å². The van der Waals surface area contributed by atoms with Gasteiger partial charge in [-0.3, -0.25) is 14.5 Å². The summed E-state index contributed by atoms with van der Waals surface area (Å²) in [4.78, 5) is 26.1. The van der Waals surface area contributed by atoms with Crippen LogP contribution in [0, 0.1) is 5.41 Å². The van der Waals surface area contributed by atoms with Crippen LogP contribution in [-0.4, -0.2) is 22.8 Å². The van der Waals surface area contributed by atoms with Crippen LogP contribution in [0.3, 0.4) is 0 Å². The monoisotopic (exact) mass is 255 g/mol. The highest BCUT2D eigenvalue weighted by Crippen LogP contribution is 2.34. The van der Waals surface area contributed by atoms with Crippen LogP contribution in [0.5, 0.6) is 0 Å². The van der Waals surface area contributed by atoms with Gasteiger partial charge >= 0.3 is 0 Å². The molecule has 0 unspecified atom stereocenters. The zero-order chi connectivity index (χ0) is 13.6. The van der Waals surface area contributed by atoms with Crippen LogP contribution in [0.1, 0.15) is 47.4 Å². The van der Waals surface area contributed by atoms with Crippen LogP contribution in [0.15, 0.2) is 36.4 Å². The van der Waals surface area contributed by atoms with E-state index in [0.717, 1.165) is 12.8 Å². The lowest BCUT2D eigenvalue weighted by atomic mass is 9.81. The summed E-state index contributed by atoms with van der Waals surface area (Å²) in [5.74, 6) is -0.315. The Morgan fingerprint density at radius 2 is 1.68 bits per heavy atom. The van der Waals surface area contributed by atoms with E-state index >= 15 is 0 Å². The number of carbonyl (C=O) groups excluding carboxylic acids is 2. The fourth-order valence-electron chi connectivity index (χ4n) is 2.80. The molecule has 3 rings (SSSR count). The lowest BCUT2D eigenvalue weighted by Gasteiger charge is -2.32. The Kier molecular flexibility index (Phi) is 2.59. The van der Waals surface area contributed by atoms with E-state index in [1.54, 1.807) is 24.3 Å². The molecule has 0 radical (unpaired) electrons. The number of benzene rings is 1. The molecule has 2 aliphatic rings. The van der Waals surface area contributed by atoms with Crippen molar-refractivity contribution < 1.29 is 9.59 Å². The molecule has 1 aliphatic heterocycles. The van der Waals surface area contributed by atoms with E-state index in [9.17, 15) is 9.59 Å². The van der Waals surface area contributed by atoms with Crippen LogP contribution >= 0.6 is 0 Å². The highest BCUT2D eigenvalue weighted by Gasteiger charge is 2.40. The van der Waals surface area contributed by atoms with E-state index < -0.39 is 0 Å². The number of hydrogen-bond acceptors (Lipinski definition) is 2. The molecule has 1 aromatic carbocycles. The maximum atomic E-state index is 12.3. The number of imide groups is 1. The Labute approximate surface area is 112 Å². The second-order valence-corrected chi connectivity index (χ2v) is 5.98. The Morgan fingerprint density at radius 1 is 1.11 bits per heavy atom. The van der Waals surface area contributed by atoms with Crippen molar-refractivity contribution in [2.75, 3.05) is 0 Å². The Balaban J connectivity index is 1.93. The first-order valence-electron chi connectivity index (χ1n) is 6.66. The van der Waals surface area contributed by atoms with Gasteiger partial charge < -0.3 is 0 Å². The third-order valence-corrected chi connectivity index (χ3v) is 4.01. The standard InChI is InChI=1S/C16H17NO2/c1-16(2)9-7-11(8-10-16)17-14(18)12-5-3-4-6-13(12)15(17)19/h3-7,9,11H,8,10H2,1-2H3/t11-/m0/s1. The van der Waals surface area contributed by atoms with Gasteiger partial charge in [0.25, 0.3) is 11.8 Å². The number of rotatable bonds is 1. The average Bonchev–Trinajstić information content (AvgIpc) is 2.64. The maximum Gasteiger partial charge on any atom is 0.262 e. The lowest BCUT2D eigenvalue weighted by molar-refractivity contribution is 0.0596. The molecule has 2 amide bonds. The van der Waals surface area contributed by atoms with Crippen LogP contribution < -0.4 is 0 Å². The third kappa shape index (κ3) is 1.89. The van der Waals surface area contributed by atoms with Crippen molar-refractivity contribution in [3.63, 3.8) is 0 Å². The zero-order valence-corrected chi connectivity index (χ0v) is 11.2. The number of fused-ring (bicyclic) bond motifs is 1. The van der Waals surface area contributed by atoms with E-state index in [-0.39, 0.29) is 23.3 Å². The summed E-state index contributed by atoms with van der Waals surface area (Å²) in [5, 5.41) is 0. The van der Waals surface area contributed by atoms with Gasteiger partial charge in [-0.25, -0.2) is 0 Å². The Morgan fingerprint density at radius 3 is 2.16 bits per heavy atom. The SMILES string of the molecule is CC1(C)C=C[C@H](N2C(=O)c3ccccc3C2=O)CC1. The summed E-state index contributed by atoms with van der Waals surface area (Å²) >= 11 is 0. The first-order valence-corrected chi connectivity index (χ1v) is 6.66. The summed E-state index contributed by atoms with van der Waals surface area (Å²) in [5.41, 5.74) is 1.23. The smallest absolute Gasteiger partial charge is 0.262 e. The molecule has 0 saturated carbocycles. The van der Waals surface area contributed by atoms with Crippen molar-refractivity contribution in [2.45, 2.75) is 32.7 Å². The predicted molar refractivity (Wildman–Crippen MR) is 72.9 cm³/mol. The Bertz CT molecular complexity index is 551. The molecule has 98 valence electrons. The van der Waals surface area contributed by atoms with Crippen molar-refractivity contribution >= 4 is 11.8 Å². The van der Waals surface area contributed by atoms with Crippen LogP contribution in [0.25, 0.3) is 0 Å². The molecular weight excluding hydrogens is 238 g/mol. The third-order valence-electron chi connectivity index (χ3n) is 4.01. The Hall–Kier alpha value is -1.90. The van der Waals surface area contributed by atoms with E-state index in [4.69, 9.17) is 0 Å². The fraction of sp³-hybridized carbons (Fsp3) is 0.375. The molecule has 1 atom stereocenters. The number of nitrogens with zero attached hydrogens (tertiary/aromatic N) is 1. The van der Waals surface area contributed by atoms with E-state index in [1.807, 2.05) is 6.08 Å². The molecule has 0 N–H and O–H groups in total. The van der Waals surface area contributed by atoms with Gasteiger partial charge in [0.1, 0.15) is 0 Å².